The van der Waals surface area contributed by atoms with Crippen LogP contribution in [0.1, 0.15) is 37.0 Å². The monoisotopic (exact) mass is 361 g/mol. The highest BCUT2D eigenvalue weighted by Gasteiger charge is 2.31. The summed E-state index contributed by atoms with van der Waals surface area (Å²) < 4.78 is 33.2. The number of nitrogens with zero attached hydrogens (tertiary/aromatic N) is 1. The van der Waals surface area contributed by atoms with E-state index in [0.717, 1.165) is 11.1 Å². The molecule has 0 radical (unpaired) electrons. The summed E-state index contributed by atoms with van der Waals surface area (Å²) >= 11 is 0. The summed E-state index contributed by atoms with van der Waals surface area (Å²) in [6, 6.07) is 13.9. The molecule has 134 valence electrons. The van der Waals surface area contributed by atoms with Gasteiger partial charge < -0.3 is 9.84 Å². The van der Waals surface area contributed by atoms with Crippen molar-refractivity contribution in [3.8, 4) is 5.75 Å². The van der Waals surface area contributed by atoms with Crippen LogP contribution in [0.15, 0.2) is 53.4 Å². The largest absolute Gasteiger partial charge is 0.508 e. The zero-order valence-corrected chi connectivity index (χ0v) is 15.2. The maximum atomic E-state index is 13.0. The summed E-state index contributed by atoms with van der Waals surface area (Å²) in [5.41, 5.74) is 1.77. The second-order valence-corrected chi connectivity index (χ2v) is 8.48. The van der Waals surface area contributed by atoms with E-state index in [-0.39, 0.29) is 24.3 Å². The van der Waals surface area contributed by atoms with Crippen LogP contribution in [0.25, 0.3) is 0 Å². The van der Waals surface area contributed by atoms with Crippen molar-refractivity contribution in [2.75, 3.05) is 19.7 Å². The van der Waals surface area contributed by atoms with Crippen LogP contribution in [0.5, 0.6) is 5.75 Å². The fraction of sp³-hybridized carbons (Fsp3) is 0.368. The molecule has 1 N–H and O–H groups in total. The van der Waals surface area contributed by atoms with Crippen molar-refractivity contribution in [2.24, 2.45) is 0 Å². The number of rotatable bonds is 4. The molecule has 1 heterocycles. The third-order valence-electron chi connectivity index (χ3n) is 4.43. The molecule has 0 spiro atoms. The molecule has 0 aromatic heterocycles. The smallest absolute Gasteiger partial charge is 0.243 e. The van der Waals surface area contributed by atoms with E-state index in [1.54, 1.807) is 36.4 Å². The topological polar surface area (TPSA) is 66.8 Å². The Kier molecular flexibility index (Phi) is 5.13. The van der Waals surface area contributed by atoms with E-state index in [2.05, 4.69) is 0 Å². The maximum absolute atomic E-state index is 13.0. The van der Waals surface area contributed by atoms with Gasteiger partial charge in [-0.2, -0.15) is 4.31 Å². The lowest BCUT2D eigenvalue weighted by Gasteiger charge is -2.32. The van der Waals surface area contributed by atoms with Gasteiger partial charge >= 0.3 is 0 Å². The molecule has 0 amide bonds. The number of ether oxygens (including phenoxy) is 1. The third kappa shape index (κ3) is 3.86. The summed E-state index contributed by atoms with van der Waals surface area (Å²) in [6.07, 6.45) is -0.385. The Balaban J connectivity index is 1.86. The Bertz CT molecular complexity index is 848. The lowest BCUT2D eigenvalue weighted by atomic mass is 10.0. The van der Waals surface area contributed by atoms with Crippen LogP contribution < -0.4 is 0 Å². The minimum Gasteiger partial charge on any atom is -0.508 e. The first-order valence-corrected chi connectivity index (χ1v) is 9.82. The van der Waals surface area contributed by atoms with E-state index >= 15 is 0 Å². The summed E-state index contributed by atoms with van der Waals surface area (Å²) in [5.74, 6) is 0.408. The van der Waals surface area contributed by atoms with Crippen LogP contribution in [0, 0.1) is 0 Å². The van der Waals surface area contributed by atoms with E-state index in [1.165, 1.54) is 4.31 Å². The number of hydrogen-bond acceptors (Lipinski definition) is 4. The first-order valence-electron chi connectivity index (χ1n) is 8.38. The summed E-state index contributed by atoms with van der Waals surface area (Å²) in [7, 11) is -3.58. The van der Waals surface area contributed by atoms with Gasteiger partial charge in [-0.05, 0) is 41.3 Å². The standard InChI is InChI=1S/C19H23NO4S/c1-14(2)15-5-4-8-18(12-15)25(22,23)20-9-10-24-19(13-20)16-6-3-7-17(21)11-16/h3-8,11-12,14,19,21H,9-10,13H2,1-2H3. The molecule has 2 aromatic carbocycles. The molecule has 1 aliphatic rings. The van der Waals surface area contributed by atoms with Gasteiger partial charge in [0.15, 0.2) is 0 Å². The molecule has 3 rings (SSSR count). The fourth-order valence-electron chi connectivity index (χ4n) is 2.95. The van der Waals surface area contributed by atoms with Gasteiger partial charge in [-0.3, -0.25) is 0 Å². The molecule has 1 unspecified atom stereocenters. The number of aromatic hydroxyl groups is 1. The Hall–Kier alpha value is -1.89. The van der Waals surface area contributed by atoms with Gasteiger partial charge in [-0.1, -0.05) is 38.1 Å². The number of morpholine rings is 1. The van der Waals surface area contributed by atoms with Crippen molar-refractivity contribution in [2.45, 2.75) is 30.8 Å². The van der Waals surface area contributed by atoms with Crippen molar-refractivity contribution < 1.29 is 18.3 Å². The highest BCUT2D eigenvalue weighted by Crippen LogP contribution is 2.29. The molecule has 25 heavy (non-hydrogen) atoms. The molecule has 2 aromatic rings. The normalized spacial score (nSPS) is 19.2. The van der Waals surface area contributed by atoms with E-state index < -0.39 is 10.0 Å². The third-order valence-corrected chi connectivity index (χ3v) is 6.29. The van der Waals surface area contributed by atoms with Gasteiger partial charge in [0.05, 0.1) is 17.6 Å². The molecule has 0 saturated carbocycles. The fourth-order valence-corrected chi connectivity index (χ4v) is 4.43. The molecule has 6 heteroatoms. The second-order valence-electron chi connectivity index (χ2n) is 6.54. The predicted molar refractivity (Wildman–Crippen MR) is 96.1 cm³/mol. The molecule has 1 saturated heterocycles. The quantitative estimate of drug-likeness (QED) is 0.907. The predicted octanol–water partition coefficient (Wildman–Crippen LogP) is 3.28. The summed E-state index contributed by atoms with van der Waals surface area (Å²) in [5, 5.41) is 9.64. The van der Waals surface area contributed by atoms with Crippen molar-refractivity contribution in [3.63, 3.8) is 0 Å². The Morgan fingerprint density at radius 2 is 1.92 bits per heavy atom. The van der Waals surface area contributed by atoms with Gasteiger partial charge in [-0.25, -0.2) is 8.42 Å². The number of benzene rings is 2. The van der Waals surface area contributed by atoms with Gasteiger partial charge in [0, 0.05) is 13.1 Å². The molecule has 1 aliphatic heterocycles. The lowest BCUT2D eigenvalue weighted by molar-refractivity contribution is -0.00264. The molecule has 5 nitrogen and oxygen atoms in total. The van der Waals surface area contributed by atoms with Gasteiger partial charge in [-0.15, -0.1) is 0 Å². The van der Waals surface area contributed by atoms with Crippen LogP contribution in [0.3, 0.4) is 0 Å². The Labute approximate surface area is 148 Å². The van der Waals surface area contributed by atoms with Crippen molar-refractivity contribution in [1.82, 2.24) is 4.31 Å². The molecule has 0 bridgehead atoms. The van der Waals surface area contributed by atoms with Crippen LogP contribution >= 0.6 is 0 Å². The van der Waals surface area contributed by atoms with E-state index in [9.17, 15) is 13.5 Å². The van der Waals surface area contributed by atoms with Crippen LogP contribution in [-0.4, -0.2) is 37.5 Å². The number of phenols is 1. The lowest BCUT2D eigenvalue weighted by Crippen LogP contribution is -2.42. The number of phenolic OH excluding ortho intramolecular Hbond substituents is 1. The SMILES string of the molecule is CC(C)c1cccc(S(=O)(=O)N2CCOC(c3cccc(O)c3)C2)c1. The van der Waals surface area contributed by atoms with Crippen LogP contribution in [-0.2, 0) is 14.8 Å². The summed E-state index contributed by atoms with van der Waals surface area (Å²) in [4.78, 5) is 0.315. The first-order chi connectivity index (χ1) is 11.9. The first kappa shape index (κ1) is 17.9. The van der Waals surface area contributed by atoms with Crippen LogP contribution in [0.4, 0.5) is 0 Å². The zero-order valence-electron chi connectivity index (χ0n) is 14.4. The van der Waals surface area contributed by atoms with Gasteiger partial charge in [0.25, 0.3) is 0 Å². The average molecular weight is 361 g/mol. The molecule has 1 fully saturated rings. The minimum absolute atomic E-state index is 0.144. The number of sulfonamides is 1. The van der Waals surface area contributed by atoms with Gasteiger partial charge in [0.2, 0.25) is 10.0 Å². The average Bonchev–Trinajstić information content (AvgIpc) is 2.62. The minimum atomic E-state index is -3.58. The van der Waals surface area contributed by atoms with Gasteiger partial charge in [0.1, 0.15) is 5.75 Å². The Morgan fingerprint density at radius 3 is 2.64 bits per heavy atom. The molecule has 0 aliphatic carbocycles. The molecule has 1 atom stereocenters. The zero-order chi connectivity index (χ0) is 18.0. The molecular formula is C19H23NO4S. The van der Waals surface area contributed by atoms with Crippen LogP contribution in [0.2, 0.25) is 0 Å². The highest BCUT2D eigenvalue weighted by atomic mass is 32.2. The molecular weight excluding hydrogens is 338 g/mol. The van der Waals surface area contributed by atoms with Crippen molar-refractivity contribution in [3.05, 3.63) is 59.7 Å². The maximum Gasteiger partial charge on any atom is 0.243 e. The van der Waals surface area contributed by atoms with E-state index in [0.29, 0.717) is 18.0 Å². The number of hydrogen-bond donors (Lipinski definition) is 1. The Morgan fingerprint density at radius 1 is 1.16 bits per heavy atom. The van der Waals surface area contributed by atoms with Crippen molar-refractivity contribution >= 4 is 10.0 Å². The summed E-state index contributed by atoms with van der Waals surface area (Å²) in [6.45, 7) is 4.96. The van der Waals surface area contributed by atoms with Crippen molar-refractivity contribution in [1.29, 1.82) is 0 Å². The highest BCUT2D eigenvalue weighted by molar-refractivity contribution is 7.89. The second kappa shape index (κ2) is 7.15. The van der Waals surface area contributed by atoms with E-state index in [4.69, 9.17) is 4.74 Å². The van der Waals surface area contributed by atoms with E-state index in [1.807, 2.05) is 26.0 Å².